The molecule has 3 nitrogen and oxygen atoms in total. The van der Waals surface area contributed by atoms with Crippen LogP contribution in [0.5, 0.6) is 0 Å². The third-order valence-electron chi connectivity index (χ3n) is 2.69. The Labute approximate surface area is 121 Å². The largest absolute Gasteiger partial charge is 0.332 e. The Hall–Kier alpha value is -1.36. The molecule has 0 atom stereocenters. The third kappa shape index (κ3) is 3.80. The molecular formula is C14H15ClN2OS. The van der Waals surface area contributed by atoms with Gasteiger partial charge in [0.2, 0.25) is 0 Å². The number of halogens is 1. The molecule has 2 aromatic rings. The molecule has 2 N–H and O–H groups in total. The second-order valence-corrected chi connectivity index (χ2v) is 5.82. The highest BCUT2D eigenvalue weighted by Gasteiger charge is 2.17. The van der Waals surface area contributed by atoms with Crippen molar-refractivity contribution in [1.82, 2.24) is 4.90 Å². The van der Waals surface area contributed by atoms with Crippen LogP contribution in [0.3, 0.4) is 0 Å². The summed E-state index contributed by atoms with van der Waals surface area (Å²) in [5, 5.41) is 0. The van der Waals surface area contributed by atoms with Crippen LogP contribution in [0.25, 0.3) is 0 Å². The minimum absolute atomic E-state index is 0.0220. The van der Waals surface area contributed by atoms with Crippen molar-refractivity contribution in [3.05, 3.63) is 57.2 Å². The molecule has 19 heavy (non-hydrogen) atoms. The zero-order valence-electron chi connectivity index (χ0n) is 10.4. The SMILES string of the molecule is NCCN(Cc1ccccc1)C(=O)c1ccc(Cl)s1. The van der Waals surface area contributed by atoms with E-state index in [1.165, 1.54) is 11.3 Å². The first-order chi connectivity index (χ1) is 9.20. The fourth-order valence-corrected chi connectivity index (χ4v) is 2.81. The highest BCUT2D eigenvalue weighted by atomic mass is 35.5. The van der Waals surface area contributed by atoms with Gasteiger partial charge in [-0.05, 0) is 17.7 Å². The van der Waals surface area contributed by atoms with Crippen LogP contribution < -0.4 is 5.73 Å². The summed E-state index contributed by atoms with van der Waals surface area (Å²) in [5.41, 5.74) is 6.68. The summed E-state index contributed by atoms with van der Waals surface area (Å²) in [6.07, 6.45) is 0. The lowest BCUT2D eigenvalue weighted by Crippen LogP contribution is -2.34. The number of thiophene rings is 1. The number of amides is 1. The van der Waals surface area contributed by atoms with Gasteiger partial charge in [0.25, 0.3) is 5.91 Å². The average Bonchev–Trinajstić information content (AvgIpc) is 2.85. The standard InChI is InChI=1S/C14H15ClN2OS/c15-13-7-6-12(19-13)14(18)17(9-8-16)10-11-4-2-1-3-5-11/h1-7H,8-10,16H2. The Morgan fingerprint density at radius 2 is 1.95 bits per heavy atom. The van der Waals surface area contributed by atoms with Crippen LogP contribution in [0.15, 0.2) is 42.5 Å². The van der Waals surface area contributed by atoms with E-state index in [0.717, 1.165) is 5.56 Å². The van der Waals surface area contributed by atoms with E-state index in [9.17, 15) is 4.79 Å². The molecule has 100 valence electrons. The number of nitrogens with zero attached hydrogens (tertiary/aromatic N) is 1. The summed E-state index contributed by atoms with van der Waals surface area (Å²) in [6.45, 7) is 1.54. The molecule has 0 radical (unpaired) electrons. The highest BCUT2D eigenvalue weighted by molar-refractivity contribution is 7.17. The van der Waals surface area contributed by atoms with Gasteiger partial charge in [0.15, 0.2) is 0 Å². The first kappa shape index (κ1) is 14.1. The van der Waals surface area contributed by atoms with E-state index >= 15 is 0 Å². The van der Waals surface area contributed by atoms with Gasteiger partial charge in [-0.3, -0.25) is 4.79 Å². The average molecular weight is 295 g/mol. The van der Waals surface area contributed by atoms with Crippen molar-refractivity contribution in [2.24, 2.45) is 5.73 Å². The summed E-state index contributed by atoms with van der Waals surface area (Å²) in [4.78, 5) is 14.8. The van der Waals surface area contributed by atoms with Crippen LogP contribution in [-0.4, -0.2) is 23.9 Å². The lowest BCUT2D eigenvalue weighted by atomic mass is 10.2. The summed E-state index contributed by atoms with van der Waals surface area (Å²) >= 11 is 7.16. The van der Waals surface area contributed by atoms with Crippen molar-refractivity contribution in [1.29, 1.82) is 0 Å². The van der Waals surface area contributed by atoms with Gasteiger partial charge in [-0.15, -0.1) is 11.3 Å². The van der Waals surface area contributed by atoms with Gasteiger partial charge in [0, 0.05) is 19.6 Å². The Morgan fingerprint density at radius 1 is 1.21 bits per heavy atom. The normalized spacial score (nSPS) is 10.4. The third-order valence-corrected chi connectivity index (χ3v) is 3.91. The number of carbonyl (C=O) groups is 1. The molecule has 0 fully saturated rings. The molecule has 2 rings (SSSR count). The molecule has 0 saturated carbocycles. The Morgan fingerprint density at radius 3 is 2.53 bits per heavy atom. The number of hydrogen-bond donors (Lipinski definition) is 1. The zero-order chi connectivity index (χ0) is 13.7. The van der Waals surface area contributed by atoms with Gasteiger partial charge in [-0.1, -0.05) is 41.9 Å². The van der Waals surface area contributed by atoms with Crippen LogP contribution in [0.4, 0.5) is 0 Å². The zero-order valence-corrected chi connectivity index (χ0v) is 12.0. The van der Waals surface area contributed by atoms with Crippen LogP contribution in [0, 0.1) is 0 Å². The monoisotopic (exact) mass is 294 g/mol. The maximum absolute atomic E-state index is 12.4. The van der Waals surface area contributed by atoms with Crippen molar-refractivity contribution < 1.29 is 4.79 Å². The van der Waals surface area contributed by atoms with Crippen molar-refractivity contribution >= 4 is 28.8 Å². The van der Waals surface area contributed by atoms with Gasteiger partial charge in [0.05, 0.1) is 9.21 Å². The molecule has 0 bridgehead atoms. The molecule has 0 saturated heterocycles. The van der Waals surface area contributed by atoms with Crippen molar-refractivity contribution in [2.75, 3.05) is 13.1 Å². The van der Waals surface area contributed by atoms with Gasteiger partial charge in [-0.2, -0.15) is 0 Å². The molecule has 0 unspecified atom stereocenters. The number of carbonyl (C=O) groups excluding carboxylic acids is 1. The van der Waals surface area contributed by atoms with E-state index < -0.39 is 0 Å². The summed E-state index contributed by atoms with van der Waals surface area (Å²) < 4.78 is 0.621. The maximum Gasteiger partial charge on any atom is 0.264 e. The molecule has 1 heterocycles. The maximum atomic E-state index is 12.4. The second kappa shape index (κ2) is 6.70. The van der Waals surface area contributed by atoms with Crippen LogP contribution >= 0.6 is 22.9 Å². The van der Waals surface area contributed by atoms with Gasteiger partial charge < -0.3 is 10.6 Å². The van der Waals surface area contributed by atoms with E-state index in [-0.39, 0.29) is 5.91 Å². The molecule has 1 aromatic heterocycles. The van der Waals surface area contributed by atoms with Crippen LogP contribution in [-0.2, 0) is 6.54 Å². The summed E-state index contributed by atoms with van der Waals surface area (Å²) in [6, 6.07) is 13.4. The summed E-state index contributed by atoms with van der Waals surface area (Å²) in [5.74, 6) is -0.0220. The predicted molar refractivity (Wildman–Crippen MR) is 79.6 cm³/mol. The second-order valence-electron chi connectivity index (χ2n) is 4.10. The lowest BCUT2D eigenvalue weighted by Gasteiger charge is -2.21. The van der Waals surface area contributed by atoms with Gasteiger partial charge >= 0.3 is 0 Å². The fraction of sp³-hybridized carbons (Fsp3) is 0.214. The van der Waals surface area contributed by atoms with Crippen molar-refractivity contribution in [2.45, 2.75) is 6.54 Å². The van der Waals surface area contributed by atoms with E-state index in [1.807, 2.05) is 30.3 Å². The summed E-state index contributed by atoms with van der Waals surface area (Å²) in [7, 11) is 0. The lowest BCUT2D eigenvalue weighted by molar-refractivity contribution is 0.0753. The molecule has 0 aliphatic rings. The Balaban J connectivity index is 2.13. The number of hydrogen-bond acceptors (Lipinski definition) is 3. The number of benzene rings is 1. The van der Waals surface area contributed by atoms with Gasteiger partial charge in [0.1, 0.15) is 0 Å². The van der Waals surface area contributed by atoms with E-state index in [4.69, 9.17) is 17.3 Å². The topological polar surface area (TPSA) is 46.3 Å². The van der Waals surface area contributed by atoms with Crippen LogP contribution in [0.1, 0.15) is 15.2 Å². The van der Waals surface area contributed by atoms with Crippen LogP contribution in [0.2, 0.25) is 4.34 Å². The smallest absolute Gasteiger partial charge is 0.264 e. The number of rotatable bonds is 5. The molecule has 1 aromatic carbocycles. The first-order valence-corrected chi connectivity index (χ1v) is 7.19. The minimum Gasteiger partial charge on any atom is -0.332 e. The molecule has 0 aliphatic heterocycles. The fourth-order valence-electron chi connectivity index (χ4n) is 1.80. The molecule has 1 amide bonds. The molecule has 0 aliphatic carbocycles. The van der Waals surface area contributed by atoms with Crippen molar-refractivity contribution in [3.8, 4) is 0 Å². The molecule has 5 heteroatoms. The molecular weight excluding hydrogens is 280 g/mol. The Kier molecular flexibility index (Phi) is 4.96. The van der Waals surface area contributed by atoms with E-state index in [2.05, 4.69) is 0 Å². The highest BCUT2D eigenvalue weighted by Crippen LogP contribution is 2.23. The van der Waals surface area contributed by atoms with E-state index in [1.54, 1.807) is 17.0 Å². The molecule has 0 spiro atoms. The predicted octanol–water partition coefficient (Wildman–Crippen LogP) is 3.00. The van der Waals surface area contributed by atoms with Gasteiger partial charge in [-0.25, -0.2) is 0 Å². The first-order valence-electron chi connectivity index (χ1n) is 5.99. The number of nitrogens with two attached hydrogens (primary N) is 1. The quantitative estimate of drug-likeness (QED) is 0.921. The minimum atomic E-state index is -0.0220. The van der Waals surface area contributed by atoms with Crippen molar-refractivity contribution in [3.63, 3.8) is 0 Å². The van der Waals surface area contributed by atoms with E-state index in [0.29, 0.717) is 28.8 Å². The Bertz CT molecular complexity index is 541.